The lowest BCUT2D eigenvalue weighted by Gasteiger charge is -2.22. The average Bonchev–Trinajstić information content (AvgIpc) is 3.34. The summed E-state index contributed by atoms with van der Waals surface area (Å²) in [5.74, 6) is 2.30. The zero-order chi connectivity index (χ0) is 22.9. The number of aliphatic imine (C=N–C) groups is 1. The number of hydrogen-bond acceptors (Lipinski definition) is 5. The number of pyridine rings is 1. The number of para-hydroxylation sites is 2. The number of rotatable bonds is 8. The minimum Gasteiger partial charge on any atom is -0.495 e. The van der Waals surface area contributed by atoms with Gasteiger partial charge in [0.25, 0.3) is 0 Å². The molecule has 7 nitrogen and oxygen atoms in total. The highest BCUT2D eigenvalue weighted by atomic mass is 16.5. The van der Waals surface area contributed by atoms with Gasteiger partial charge in [-0.3, -0.25) is 4.99 Å². The molecule has 1 fully saturated rings. The molecule has 0 bridgehead atoms. The molecule has 1 saturated heterocycles. The van der Waals surface area contributed by atoms with Crippen molar-refractivity contribution in [2.24, 2.45) is 4.99 Å². The molecule has 0 saturated carbocycles. The summed E-state index contributed by atoms with van der Waals surface area (Å²) in [6.07, 6.45) is 2.81. The number of aromatic nitrogens is 1. The molecule has 1 aromatic heterocycles. The molecule has 4 rings (SSSR count). The third-order valence-corrected chi connectivity index (χ3v) is 5.67. The van der Waals surface area contributed by atoms with Crippen LogP contribution in [0.3, 0.4) is 0 Å². The van der Waals surface area contributed by atoms with E-state index in [-0.39, 0.29) is 0 Å². The van der Waals surface area contributed by atoms with Crippen molar-refractivity contribution in [1.82, 2.24) is 15.6 Å². The molecule has 172 valence electrons. The predicted octanol–water partition coefficient (Wildman–Crippen LogP) is 3.61. The van der Waals surface area contributed by atoms with Crippen molar-refractivity contribution < 1.29 is 9.47 Å². The number of guanidine groups is 1. The van der Waals surface area contributed by atoms with Gasteiger partial charge in [-0.05, 0) is 35.7 Å². The summed E-state index contributed by atoms with van der Waals surface area (Å²) < 4.78 is 11.4. The molecule has 1 aliphatic heterocycles. The van der Waals surface area contributed by atoms with Crippen LogP contribution in [0.25, 0.3) is 0 Å². The predicted molar refractivity (Wildman–Crippen MR) is 132 cm³/mol. The van der Waals surface area contributed by atoms with E-state index in [1.165, 1.54) is 0 Å². The zero-order valence-electron chi connectivity index (χ0n) is 19.2. The van der Waals surface area contributed by atoms with Crippen LogP contribution < -0.4 is 25.0 Å². The van der Waals surface area contributed by atoms with E-state index in [1.54, 1.807) is 20.4 Å². The lowest BCUT2D eigenvalue weighted by molar-refractivity contribution is 0.293. The lowest BCUT2D eigenvalue weighted by atomic mass is 10.2. The Balaban J connectivity index is 1.28. The Morgan fingerprint density at radius 3 is 2.73 bits per heavy atom. The van der Waals surface area contributed by atoms with Crippen LogP contribution in [0.5, 0.6) is 11.6 Å². The maximum atomic E-state index is 5.85. The quantitative estimate of drug-likeness (QED) is 0.408. The summed E-state index contributed by atoms with van der Waals surface area (Å²) in [5, 5.41) is 6.95. The topological polar surface area (TPSA) is 71.0 Å². The highest BCUT2D eigenvalue weighted by Gasteiger charge is 2.25. The van der Waals surface area contributed by atoms with Gasteiger partial charge in [-0.15, -0.1) is 0 Å². The standard InChI is InChI=1S/C26H31N5O2/c1-27-26(30-22-13-15-31(18-22)23-10-6-7-11-24(23)32-2)29-17-21-12-14-28-25(16-21)33-19-20-8-4-3-5-9-20/h3-12,14,16,22H,13,15,17-19H2,1-2H3,(H2,27,29,30). The van der Waals surface area contributed by atoms with Crippen molar-refractivity contribution in [3.05, 3.63) is 84.1 Å². The Labute approximate surface area is 195 Å². The van der Waals surface area contributed by atoms with E-state index < -0.39 is 0 Å². The Hall–Kier alpha value is -3.74. The van der Waals surface area contributed by atoms with Gasteiger partial charge in [0.2, 0.25) is 5.88 Å². The van der Waals surface area contributed by atoms with Crippen LogP contribution in [-0.2, 0) is 13.2 Å². The van der Waals surface area contributed by atoms with Crippen molar-refractivity contribution in [2.45, 2.75) is 25.6 Å². The largest absolute Gasteiger partial charge is 0.495 e. The number of nitrogens with one attached hydrogen (secondary N) is 2. The summed E-state index contributed by atoms with van der Waals surface area (Å²) in [5.41, 5.74) is 3.33. The van der Waals surface area contributed by atoms with Gasteiger partial charge in [0, 0.05) is 45.0 Å². The summed E-state index contributed by atoms with van der Waals surface area (Å²) in [4.78, 5) is 11.1. The van der Waals surface area contributed by atoms with Crippen LogP contribution in [0.2, 0.25) is 0 Å². The molecule has 33 heavy (non-hydrogen) atoms. The zero-order valence-corrected chi connectivity index (χ0v) is 19.2. The summed E-state index contributed by atoms with van der Waals surface area (Å²) in [6, 6.07) is 22.5. The Morgan fingerprint density at radius 1 is 1.09 bits per heavy atom. The first-order chi connectivity index (χ1) is 16.2. The average molecular weight is 446 g/mol. The van der Waals surface area contributed by atoms with Gasteiger partial charge in [0.05, 0.1) is 12.8 Å². The molecular formula is C26H31N5O2. The third kappa shape index (κ3) is 6.16. The van der Waals surface area contributed by atoms with Gasteiger partial charge in [-0.25, -0.2) is 4.98 Å². The summed E-state index contributed by atoms with van der Waals surface area (Å²) in [7, 11) is 3.51. The van der Waals surface area contributed by atoms with Gasteiger partial charge >= 0.3 is 0 Å². The van der Waals surface area contributed by atoms with Crippen LogP contribution in [0, 0.1) is 0 Å². The number of hydrogen-bond donors (Lipinski definition) is 2. The number of anilines is 1. The lowest BCUT2D eigenvalue weighted by Crippen LogP contribution is -2.44. The second-order valence-electron chi connectivity index (χ2n) is 7.95. The SMILES string of the molecule is CN=C(NCc1ccnc(OCc2ccccc2)c1)NC1CCN(c2ccccc2OC)C1. The fraction of sp³-hybridized carbons (Fsp3) is 0.308. The molecule has 0 radical (unpaired) electrons. The Morgan fingerprint density at radius 2 is 1.91 bits per heavy atom. The van der Waals surface area contributed by atoms with Crippen molar-refractivity contribution >= 4 is 11.6 Å². The van der Waals surface area contributed by atoms with Crippen LogP contribution in [0.15, 0.2) is 77.9 Å². The Bertz CT molecular complexity index is 1060. The molecule has 7 heteroatoms. The molecule has 2 N–H and O–H groups in total. The monoisotopic (exact) mass is 445 g/mol. The van der Waals surface area contributed by atoms with E-state index in [4.69, 9.17) is 9.47 Å². The fourth-order valence-electron chi connectivity index (χ4n) is 3.93. The highest BCUT2D eigenvalue weighted by Crippen LogP contribution is 2.30. The first kappa shape index (κ1) is 22.5. The third-order valence-electron chi connectivity index (χ3n) is 5.67. The van der Waals surface area contributed by atoms with E-state index in [9.17, 15) is 0 Å². The van der Waals surface area contributed by atoms with Crippen LogP contribution >= 0.6 is 0 Å². The van der Waals surface area contributed by atoms with Gasteiger partial charge in [-0.2, -0.15) is 0 Å². The number of nitrogens with zero attached hydrogens (tertiary/aromatic N) is 3. The normalized spacial score (nSPS) is 15.9. The van der Waals surface area contributed by atoms with Gasteiger partial charge < -0.3 is 25.0 Å². The van der Waals surface area contributed by atoms with Crippen LogP contribution in [-0.4, -0.2) is 44.2 Å². The molecule has 0 spiro atoms. The molecule has 2 heterocycles. The van der Waals surface area contributed by atoms with E-state index >= 15 is 0 Å². The summed E-state index contributed by atoms with van der Waals surface area (Å²) in [6.45, 7) is 3.00. The van der Waals surface area contributed by atoms with Crippen molar-refractivity contribution in [2.75, 3.05) is 32.1 Å². The van der Waals surface area contributed by atoms with Crippen LogP contribution in [0.1, 0.15) is 17.5 Å². The second kappa shape index (κ2) is 11.2. The minimum absolute atomic E-state index is 0.309. The molecular weight excluding hydrogens is 414 g/mol. The van der Waals surface area contributed by atoms with E-state index in [1.807, 2.05) is 60.7 Å². The number of methoxy groups -OCH3 is 1. The smallest absolute Gasteiger partial charge is 0.213 e. The Kier molecular flexibility index (Phi) is 7.64. The maximum Gasteiger partial charge on any atom is 0.213 e. The maximum absolute atomic E-state index is 5.85. The van der Waals surface area contributed by atoms with E-state index in [2.05, 4.69) is 31.6 Å². The van der Waals surface area contributed by atoms with Gasteiger partial charge in [-0.1, -0.05) is 42.5 Å². The van der Waals surface area contributed by atoms with Gasteiger partial charge in [0.15, 0.2) is 5.96 Å². The molecule has 0 aliphatic carbocycles. The molecule has 3 aromatic rings. The highest BCUT2D eigenvalue weighted by molar-refractivity contribution is 5.80. The molecule has 1 unspecified atom stereocenters. The molecule has 1 atom stereocenters. The van der Waals surface area contributed by atoms with Crippen molar-refractivity contribution in [1.29, 1.82) is 0 Å². The van der Waals surface area contributed by atoms with Crippen molar-refractivity contribution in [3.63, 3.8) is 0 Å². The number of ether oxygens (including phenoxy) is 2. The van der Waals surface area contributed by atoms with E-state index in [0.717, 1.165) is 48.0 Å². The minimum atomic E-state index is 0.309. The van der Waals surface area contributed by atoms with Crippen molar-refractivity contribution in [3.8, 4) is 11.6 Å². The molecule has 2 aromatic carbocycles. The van der Waals surface area contributed by atoms with E-state index in [0.29, 0.717) is 25.1 Å². The first-order valence-electron chi connectivity index (χ1n) is 11.2. The first-order valence-corrected chi connectivity index (χ1v) is 11.2. The fourth-order valence-corrected chi connectivity index (χ4v) is 3.93. The summed E-state index contributed by atoms with van der Waals surface area (Å²) >= 11 is 0. The number of benzene rings is 2. The molecule has 1 aliphatic rings. The second-order valence-corrected chi connectivity index (χ2v) is 7.95. The van der Waals surface area contributed by atoms with Crippen LogP contribution in [0.4, 0.5) is 5.69 Å². The molecule has 0 amide bonds. The van der Waals surface area contributed by atoms with Gasteiger partial charge in [0.1, 0.15) is 12.4 Å².